The maximum absolute atomic E-state index is 11.9. The van der Waals surface area contributed by atoms with Crippen molar-refractivity contribution in [2.24, 2.45) is 0 Å². The normalized spacial score (nSPS) is 11.8. The third kappa shape index (κ3) is 6.46. The summed E-state index contributed by atoms with van der Waals surface area (Å²) in [5.41, 5.74) is 0.622. The smallest absolute Gasteiger partial charge is 0.323 e. The predicted molar refractivity (Wildman–Crippen MR) is 80.8 cm³/mol. The van der Waals surface area contributed by atoms with Crippen molar-refractivity contribution in [3.05, 3.63) is 29.3 Å². The molecular formula is C14H19ClN2O4. The van der Waals surface area contributed by atoms with Gasteiger partial charge in [0.05, 0.1) is 13.2 Å². The number of ether oxygens (including phenoxy) is 1. The van der Waals surface area contributed by atoms with Crippen LogP contribution in [0, 0.1) is 0 Å². The molecule has 2 N–H and O–H groups in total. The number of benzene rings is 1. The summed E-state index contributed by atoms with van der Waals surface area (Å²) in [5, 5.41) is 12.2. The molecule has 1 aromatic rings. The van der Waals surface area contributed by atoms with E-state index in [2.05, 4.69) is 5.32 Å². The summed E-state index contributed by atoms with van der Waals surface area (Å²) in [6.07, 6.45) is 0. The number of carboxylic acids is 1. The molecule has 0 saturated heterocycles. The van der Waals surface area contributed by atoms with Crippen molar-refractivity contribution in [3.63, 3.8) is 0 Å². The molecule has 0 fully saturated rings. The number of methoxy groups -OCH3 is 1. The molecule has 1 aromatic carbocycles. The molecule has 0 bridgehead atoms. The van der Waals surface area contributed by atoms with Crippen LogP contribution in [-0.4, -0.2) is 49.8 Å². The average Bonchev–Trinajstić information content (AvgIpc) is 2.38. The minimum absolute atomic E-state index is 0.0536. The number of aliphatic carboxylic acids is 1. The molecule has 0 radical (unpaired) electrons. The molecule has 0 spiro atoms. The second kappa shape index (κ2) is 8.49. The zero-order valence-corrected chi connectivity index (χ0v) is 12.8. The molecular weight excluding hydrogens is 296 g/mol. The lowest BCUT2D eigenvalue weighted by atomic mass is 10.2. The molecule has 21 heavy (non-hydrogen) atoms. The fourth-order valence-electron chi connectivity index (χ4n) is 1.84. The third-order valence-corrected chi connectivity index (χ3v) is 2.93. The summed E-state index contributed by atoms with van der Waals surface area (Å²) in [5.74, 6) is -1.28. The Hall–Kier alpha value is -1.79. The molecule has 0 heterocycles. The van der Waals surface area contributed by atoms with Crippen molar-refractivity contribution in [1.29, 1.82) is 0 Å². The fourth-order valence-corrected chi connectivity index (χ4v) is 1.97. The van der Waals surface area contributed by atoms with Gasteiger partial charge in [0, 0.05) is 23.9 Å². The number of rotatable bonds is 8. The van der Waals surface area contributed by atoms with Crippen LogP contribution in [0.2, 0.25) is 5.02 Å². The molecule has 1 atom stereocenters. The van der Waals surface area contributed by atoms with Gasteiger partial charge in [0.2, 0.25) is 5.91 Å². The Kier molecular flexibility index (Phi) is 6.98. The number of amides is 1. The Morgan fingerprint density at radius 1 is 1.33 bits per heavy atom. The van der Waals surface area contributed by atoms with Gasteiger partial charge in [-0.1, -0.05) is 11.6 Å². The lowest BCUT2D eigenvalue weighted by molar-refractivity contribution is -0.135. The van der Waals surface area contributed by atoms with Crippen LogP contribution < -0.4 is 10.2 Å². The van der Waals surface area contributed by atoms with Crippen molar-refractivity contribution in [2.45, 2.75) is 13.0 Å². The molecule has 7 heteroatoms. The van der Waals surface area contributed by atoms with E-state index >= 15 is 0 Å². The molecule has 0 aromatic heterocycles. The Balaban J connectivity index is 2.72. The maximum Gasteiger partial charge on any atom is 0.323 e. The van der Waals surface area contributed by atoms with E-state index in [4.69, 9.17) is 21.4 Å². The monoisotopic (exact) mass is 314 g/mol. The lowest BCUT2D eigenvalue weighted by Crippen LogP contribution is -2.44. The van der Waals surface area contributed by atoms with Gasteiger partial charge in [-0.3, -0.25) is 9.59 Å². The Morgan fingerprint density at radius 3 is 2.48 bits per heavy atom. The molecule has 6 nitrogen and oxygen atoms in total. The molecule has 1 unspecified atom stereocenters. The second-order valence-electron chi connectivity index (χ2n) is 4.65. The van der Waals surface area contributed by atoms with Crippen LogP contribution in [0.3, 0.4) is 0 Å². The van der Waals surface area contributed by atoms with Crippen molar-refractivity contribution in [1.82, 2.24) is 5.32 Å². The number of hydrogen-bond acceptors (Lipinski definition) is 4. The number of hydrogen-bond donors (Lipinski definition) is 2. The molecule has 0 aliphatic rings. The van der Waals surface area contributed by atoms with Gasteiger partial charge < -0.3 is 20.1 Å². The van der Waals surface area contributed by atoms with Crippen LogP contribution in [0.15, 0.2) is 24.3 Å². The number of carbonyl (C=O) groups is 2. The van der Waals surface area contributed by atoms with Crippen molar-refractivity contribution < 1.29 is 19.4 Å². The highest BCUT2D eigenvalue weighted by Gasteiger charge is 2.16. The van der Waals surface area contributed by atoms with E-state index in [-0.39, 0.29) is 25.0 Å². The quantitative estimate of drug-likeness (QED) is 0.758. The van der Waals surface area contributed by atoms with Crippen LogP contribution in [-0.2, 0) is 14.3 Å². The highest BCUT2D eigenvalue weighted by molar-refractivity contribution is 6.30. The van der Waals surface area contributed by atoms with E-state index in [1.807, 2.05) is 6.92 Å². The number of halogens is 1. The van der Waals surface area contributed by atoms with E-state index in [1.165, 1.54) is 4.90 Å². The summed E-state index contributed by atoms with van der Waals surface area (Å²) >= 11 is 5.80. The van der Waals surface area contributed by atoms with E-state index in [0.717, 1.165) is 0 Å². The highest BCUT2D eigenvalue weighted by atomic mass is 35.5. The summed E-state index contributed by atoms with van der Waals surface area (Å²) in [4.78, 5) is 24.3. The van der Waals surface area contributed by atoms with Crippen molar-refractivity contribution in [2.75, 3.05) is 31.7 Å². The van der Waals surface area contributed by atoms with E-state index in [1.54, 1.807) is 31.4 Å². The second-order valence-corrected chi connectivity index (χ2v) is 5.09. The van der Waals surface area contributed by atoms with Gasteiger partial charge in [-0.05, 0) is 31.2 Å². The zero-order valence-electron chi connectivity index (χ0n) is 12.0. The zero-order chi connectivity index (χ0) is 15.8. The molecule has 0 aliphatic carbocycles. The fraction of sp³-hybridized carbons (Fsp3) is 0.429. The molecule has 116 valence electrons. The van der Waals surface area contributed by atoms with Gasteiger partial charge in [0.1, 0.15) is 6.54 Å². The third-order valence-electron chi connectivity index (χ3n) is 2.68. The maximum atomic E-state index is 11.9. The van der Waals surface area contributed by atoms with E-state index < -0.39 is 5.97 Å². The molecule has 1 rings (SSSR count). The van der Waals surface area contributed by atoms with Gasteiger partial charge in [0.15, 0.2) is 0 Å². The van der Waals surface area contributed by atoms with Gasteiger partial charge in [-0.15, -0.1) is 0 Å². The summed E-state index contributed by atoms with van der Waals surface area (Å²) in [6.45, 7) is 1.88. The van der Waals surface area contributed by atoms with E-state index in [0.29, 0.717) is 17.3 Å². The van der Waals surface area contributed by atoms with Crippen LogP contribution >= 0.6 is 11.6 Å². The van der Waals surface area contributed by atoms with Crippen LogP contribution in [0.5, 0.6) is 0 Å². The number of nitrogens with zero attached hydrogens (tertiary/aromatic N) is 1. The Morgan fingerprint density at radius 2 is 1.95 bits per heavy atom. The van der Waals surface area contributed by atoms with Crippen molar-refractivity contribution >= 4 is 29.2 Å². The topological polar surface area (TPSA) is 78.9 Å². The van der Waals surface area contributed by atoms with Gasteiger partial charge in [-0.2, -0.15) is 0 Å². The van der Waals surface area contributed by atoms with Gasteiger partial charge in [0.25, 0.3) is 0 Å². The van der Waals surface area contributed by atoms with E-state index in [9.17, 15) is 9.59 Å². The molecule has 0 aliphatic heterocycles. The number of carbonyl (C=O) groups excluding carboxylic acids is 1. The van der Waals surface area contributed by atoms with Crippen molar-refractivity contribution in [3.8, 4) is 0 Å². The standard InChI is InChI=1S/C14H19ClN2O4/c1-10(9-21-2)16-13(18)7-17(8-14(19)20)12-5-3-11(15)4-6-12/h3-6,10H,7-9H2,1-2H3,(H,16,18)(H,19,20). The SMILES string of the molecule is COCC(C)NC(=O)CN(CC(=O)O)c1ccc(Cl)cc1. The van der Waals surface area contributed by atoms with Gasteiger partial charge >= 0.3 is 5.97 Å². The lowest BCUT2D eigenvalue weighted by Gasteiger charge is -2.23. The summed E-state index contributed by atoms with van der Waals surface area (Å²) in [7, 11) is 1.55. The largest absolute Gasteiger partial charge is 0.480 e. The first-order chi connectivity index (χ1) is 9.92. The molecule has 1 amide bonds. The van der Waals surface area contributed by atoms with Crippen LogP contribution in [0.25, 0.3) is 0 Å². The minimum atomic E-state index is -1.01. The summed E-state index contributed by atoms with van der Waals surface area (Å²) < 4.78 is 4.93. The number of nitrogens with one attached hydrogen (secondary N) is 1. The minimum Gasteiger partial charge on any atom is -0.480 e. The Bertz CT molecular complexity index is 478. The van der Waals surface area contributed by atoms with Crippen LogP contribution in [0.4, 0.5) is 5.69 Å². The predicted octanol–water partition coefficient (Wildman–Crippen LogP) is 1.38. The number of anilines is 1. The van der Waals surface area contributed by atoms with Crippen LogP contribution in [0.1, 0.15) is 6.92 Å². The number of carboxylic acid groups (broad SMARTS) is 1. The summed E-state index contributed by atoms with van der Waals surface area (Å²) in [6, 6.07) is 6.52. The van der Waals surface area contributed by atoms with Gasteiger partial charge in [-0.25, -0.2) is 0 Å². The average molecular weight is 315 g/mol. The first-order valence-electron chi connectivity index (χ1n) is 6.43. The highest BCUT2D eigenvalue weighted by Crippen LogP contribution is 2.17. The first-order valence-corrected chi connectivity index (χ1v) is 6.80. The Labute approximate surface area is 128 Å². The molecule has 0 saturated carbocycles. The first kappa shape index (κ1) is 17.3.